The number of benzene rings is 1. The molecule has 1 aromatic heterocycles. The lowest BCUT2D eigenvalue weighted by Gasteiger charge is -2.21. The lowest BCUT2D eigenvalue weighted by Crippen LogP contribution is -2.12. The van der Waals surface area contributed by atoms with E-state index in [2.05, 4.69) is 23.2 Å². The summed E-state index contributed by atoms with van der Waals surface area (Å²) in [6.45, 7) is 0. The average molecular weight is 255 g/mol. The maximum absolute atomic E-state index is 10.6. The molecule has 0 bridgehead atoms. The molecule has 1 saturated carbocycles. The number of aliphatic hydroxyl groups excluding tert-OH is 1. The molecule has 0 amide bonds. The van der Waals surface area contributed by atoms with Crippen LogP contribution in [0.2, 0.25) is 0 Å². The highest BCUT2D eigenvalue weighted by molar-refractivity contribution is 5.78. The zero-order valence-electron chi connectivity index (χ0n) is 11.3. The molecule has 0 aliphatic heterocycles. The van der Waals surface area contributed by atoms with Gasteiger partial charge in [-0.05, 0) is 36.5 Å². The van der Waals surface area contributed by atoms with Gasteiger partial charge >= 0.3 is 0 Å². The fourth-order valence-corrected chi connectivity index (χ4v) is 3.17. The molecule has 2 nitrogen and oxygen atoms in total. The van der Waals surface area contributed by atoms with Gasteiger partial charge in [-0.3, -0.25) is 4.98 Å². The summed E-state index contributed by atoms with van der Waals surface area (Å²) in [5.74, 6) is 0.420. The van der Waals surface area contributed by atoms with E-state index in [1.165, 1.54) is 25.7 Å². The first-order valence-electron chi connectivity index (χ1n) is 7.37. The Kier molecular flexibility index (Phi) is 3.79. The molecule has 1 atom stereocenters. The molecule has 0 radical (unpaired) electrons. The van der Waals surface area contributed by atoms with E-state index in [4.69, 9.17) is 0 Å². The normalized spacial score (nSPS) is 19.2. The zero-order valence-corrected chi connectivity index (χ0v) is 11.3. The second kappa shape index (κ2) is 5.70. The van der Waals surface area contributed by atoms with Gasteiger partial charge in [0.15, 0.2) is 0 Å². The molecule has 2 heteroatoms. The highest BCUT2D eigenvalue weighted by Gasteiger charge is 2.22. The van der Waals surface area contributed by atoms with Crippen LogP contribution in [-0.2, 0) is 0 Å². The quantitative estimate of drug-likeness (QED) is 0.814. The van der Waals surface area contributed by atoms with Crippen molar-refractivity contribution in [2.75, 3.05) is 0 Å². The monoisotopic (exact) mass is 255 g/mol. The maximum Gasteiger partial charge on any atom is 0.0818 e. The number of hydrogen-bond acceptors (Lipinski definition) is 2. The smallest absolute Gasteiger partial charge is 0.0818 e. The fraction of sp³-hybridized carbons (Fsp3) is 0.471. The van der Waals surface area contributed by atoms with Crippen LogP contribution in [0.4, 0.5) is 0 Å². The summed E-state index contributed by atoms with van der Waals surface area (Å²) in [5.41, 5.74) is 2.01. The summed E-state index contributed by atoms with van der Waals surface area (Å²) in [6.07, 6.45) is 8.95. The van der Waals surface area contributed by atoms with Gasteiger partial charge in [0, 0.05) is 11.6 Å². The van der Waals surface area contributed by atoms with E-state index in [-0.39, 0.29) is 6.10 Å². The minimum absolute atomic E-state index is 0.329. The van der Waals surface area contributed by atoms with Gasteiger partial charge < -0.3 is 5.11 Å². The first-order chi connectivity index (χ1) is 9.34. The van der Waals surface area contributed by atoms with Gasteiger partial charge in [-0.1, -0.05) is 43.9 Å². The van der Waals surface area contributed by atoms with Crippen LogP contribution in [0.5, 0.6) is 0 Å². The van der Waals surface area contributed by atoms with Crippen LogP contribution in [0.1, 0.15) is 50.2 Å². The van der Waals surface area contributed by atoms with Crippen molar-refractivity contribution in [3.8, 4) is 0 Å². The Bertz CT molecular complexity index is 544. The molecule has 1 unspecified atom stereocenters. The minimum atomic E-state index is -0.329. The third-order valence-corrected chi connectivity index (χ3v) is 4.32. The molecular weight excluding hydrogens is 234 g/mol. The Balaban J connectivity index is 1.85. The lowest BCUT2D eigenvalue weighted by atomic mass is 9.89. The molecule has 1 aliphatic carbocycles. The molecule has 1 fully saturated rings. The summed E-state index contributed by atoms with van der Waals surface area (Å²) in [5, 5.41) is 11.7. The van der Waals surface area contributed by atoms with E-state index in [0.717, 1.165) is 29.3 Å². The topological polar surface area (TPSA) is 33.1 Å². The van der Waals surface area contributed by atoms with Crippen molar-refractivity contribution in [1.29, 1.82) is 0 Å². The van der Waals surface area contributed by atoms with E-state index in [9.17, 15) is 5.11 Å². The predicted molar refractivity (Wildman–Crippen MR) is 77.9 cm³/mol. The highest BCUT2D eigenvalue weighted by Crippen LogP contribution is 2.34. The number of nitrogens with zero attached hydrogens (tertiary/aromatic N) is 1. The van der Waals surface area contributed by atoms with Crippen molar-refractivity contribution in [1.82, 2.24) is 4.98 Å². The summed E-state index contributed by atoms with van der Waals surface area (Å²) in [7, 11) is 0. The van der Waals surface area contributed by atoms with Gasteiger partial charge in [0.25, 0.3) is 0 Å². The first-order valence-corrected chi connectivity index (χ1v) is 7.37. The number of aromatic nitrogens is 1. The van der Waals surface area contributed by atoms with Crippen molar-refractivity contribution >= 4 is 10.9 Å². The summed E-state index contributed by atoms with van der Waals surface area (Å²) in [4.78, 5) is 4.38. The largest absolute Gasteiger partial charge is 0.388 e. The van der Waals surface area contributed by atoms with Crippen LogP contribution in [0.15, 0.2) is 36.5 Å². The molecule has 100 valence electrons. The summed E-state index contributed by atoms with van der Waals surface area (Å²) < 4.78 is 0. The first kappa shape index (κ1) is 12.6. The van der Waals surface area contributed by atoms with Gasteiger partial charge in [0.2, 0.25) is 0 Å². The van der Waals surface area contributed by atoms with Gasteiger partial charge in [-0.15, -0.1) is 0 Å². The minimum Gasteiger partial charge on any atom is -0.388 e. The summed E-state index contributed by atoms with van der Waals surface area (Å²) in [6, 6.07) is 10.2. The molecule has 1 heterocycles. The van der Waals surface area contributed by atoms with E-state index in [0.29, 0.717) is 5.92 Å². The van der Waals surface area contributed by atoms with E-state index in [1.54, 1.807) is 0 Å². The molecule has 3 rings (SSSR count). The molecular formula is C17H21NO. The highest BCUT2D eigenvalue weighted by atomic mass is 16.3. The van der Waals surface area contributed by atoms with Crippen LogP contribution < -0.4 is 0 Å². The van der Waals surface area contributed by atoms with Gasteiger partial charge in [-0.2, -0.15) is 0 Å². The summed E-state index contributed by atoms with van der Waals surface area (Å²) >= 11 is 0. The zero-order chi connectivity index (χ0) is 13.1. The van der Waals surface area contributed by atoms with E-state index < -0.39 is 0 Å². The fourth-order valence-electron chi connectivity index (χ4n) is 3.17. The predicted octanol–water partition coefficient (Wildman–Crippen LogP) is 4.24. The Morgan fingerprint density at radius 2 is 1.84 bits per heavy atom. The van der Waals surface area contributed by atoms with Crippen molar-refractivity contribution < 1.29 is 5.11 Å². The molecule has 19 heavy (non-hydrogen) atoms. The SMILES string of the molecule is OC(c1ccc2cccnc2c1)C1CCCCCC1. The third-order valence-electron chi connectivity index (χ3n) is 4.32. The van der Waals surface area contributed by atoms with Gasteiger partial charge in [0.05, 0.1) is 11.6 Å². The molecule has 1 aliphatic rings. The molecule has 0 spiro atoms. The number of fused-ring (bicyclic) bond motifs is 1. The van der Waals surface area contributed by atoms with Crippen LogP contribution in [0, 0.1) is 5.92 Å². The van der Waals surface area contributed by atoms with Crippen LogP contribution in [0.3, 0.4) is 0 Å². The van der Waals surface area contributed by atoms with Gasteiger partial charge in [-0.25, -0.2) is 0 Å². The van der Waals surface area contributed by atoms with E-state index in [1.807, 2.05) is 18.3 Å². The van der Waals surface area contributed by atoms with Crippen molar-refractivity contribution in [2.24, 2.45) is 5.92 Å². The van der Waals surface area contributed by atoms with Crippen molar-refractivity contribution in [3.63, 3.8) is 0 Å². The average Bonchev–Trinajstić information content (AvgIpc) is 2.75. The third kappa shape index (κ3) is 2.79. The van der Waals surface area contributed by atoms with Crippen LogP contribution >= 0.6 is 0 Å². The number of rotatable bonds is 2. The standard InChI is InChI=1S/C17H21NO/c19-17(14-6-3-1-2-4-7-14)15-10-9-13-8-5-11-18-16(13)12-15/h5,8-12,14,17,19H,1-4,6-7H2. The van der Waals surface area contributed by atoms with Crippen LogP contribution in [0.25, 0.3) is 10.9 Å². The Labute approximate surface area is 114 Å². The van der Waals surface area contributed by atoms with Gasteiger partial charge in [0.1, 0.15) is 0 Å². The van der Waals surface area contributed by atoms with Crippen molar-refractivity contribution in [2.45, 2.75) is 44.6 Å². The lowest BCUT2D eigenvalue weighted by molar-refractivity contribution is 0.0989. The molecule has 0 saturated heterocycles. The van der Waals surface area contributed by atoms with Crippen LogP contribution in [-0.4, -0.2) is 10.1 Å². The Morgan fingerprint density at radius 3 is 2.63 bits per heavy atom. The van der Waals surface area contributed by atoms with E-state index >= 15 is 0 Å². The second-order valence-electron chi connectivity index (χ2n) is 5.65. The molecule has 1 aromatic carbocycles. The molecule has 2 aromatic rings. The second-order valence-corrected chi connectivity index (χ2v) is 5.65. The maximum atomic E-state index is 10.6. The number of hydrogen-bond donors (Lipinski definition) is 1. The number of pyridine rings is 1. The Hall–Kier alpha value is -1.41. The van der Waals surface area contributed by atoms with Crippen molar-refractivity contribution in [3.05, 3.63) is 42.1 Å². The Morgan fingerprint density at radius 1 is 1.05 bits per heavy atom. The molecule has 1 N–H and O–H groups in total. The number of aliphatic hydroxyl groups is 1.